The third-order valence-corrected chi connectivity index (χ3v) is 3.37. The van der Waals surface area contributed by atoms with E-state index in [1.165, 1.54) is 0 Å². The standard InChI is InChI=1S/C13H23N3OS/c1-13(2,3)14-9-7-8-10-11(17-6)15-12(18-10)16(4)5/h7-8,14H,9H2,1-6H3. The van der Waals surface area contributed by atoms with E-state index in [1.54, 1.807) is 18.4 Å². The Morgan fingerprint density at radius 2 is 2.06 bits per heavy atom. The molecule has 1 aromatic rings. The predicted molar refractivity (Wildman–Crippen MR) is 79.8 cm³/mol. The van der Waals surface area contributed by atoms with Crippen molar-refractivity contribution in [3.8, 4) is 5.88 Å². The van der Waals surface area contributed by atoms with Crippen molar-refractivity contribution in [1.29, 1.82) is 0 Å². The molecule has 18 heavy (non-hydrogen) atoms. The van der Waals surface area contributed by atoms with Crippen LogP contribution in [0.4, 0.5) is 5.13 Å². The normalized spacial score (nSPS) is 12.1. The minimum absolute atomic E-state index is 0.136. The molecule has 1 aromatic heterocycles. The fourth-order valence-corrected chi connectivity index (χ4v) is 2.17. The lowest BCUT2D eigenvalue weighted by Crippen LogP contribution is -2.35. The quantitative estimate of drug-likeness (QED) is 0.891. The van der Waals surface area contributed by atoms with E-state index in [4.69, 9.17) is 4.74 Å². The van der Waals surface area contributed by atoms with E-state index in [2.05, 4.69) is 43.2 Å². The van der Waals surface area contributed by atoms with Crippen molar-refractivity contribution >= 4 is 22.5 Å². The minimum atomic E-state index is 0.136. The van der Waals surface area contributed by atoms with Crippen molar-refractivity contribution in [2.45, 2.75) is 26.3 Å². The van der Waals surface area contributed by atoms with E-state index in [-0.39, 0.29) is 5.54 Å². The van der Waals surface area contributed by atoms with Gasteiger partial charge in [-0.1, -0.05) is 17.4 Å². The SMILES string of the molecule is COc1nc(N(C)C)sc1C=CCNC(C)(C)C. The zero-order chi connectivity index (χ0) is 13.8. The smallest absolute Gasteiger partial charge is 0.233 e. The van der Waals surface area contributed by atoms with Crippen LogP contribution >= 0.6 is 11.3 Å². The molecule has 1 rings (SSSR count). The number of aromatic nitrogens is 1. The van der Waals surface area contributed by atoms with Gasteiger partial charge in [0.05, 0.1) is 12.0 Å². The average Bonchev–Trinajstić information content (AvgIpc) is 2.66. The zero-order valence-electron chi connectivity index (χ0n) is 12.1. The zero-order valence-corrected chi connectivity index (χ0v) is 12.9. The van der Waals surface area contributed by atoms with E-state index in [0.717, 1.165) is 16.6 Å². The third kappa shape index (κ3) is 4.66. The molecule has 0 saturated carbocycles. The van der Waals surface area contributed by atoms with E-state index in [0.29, 0.717) is 5.88 Å². The first kappa shape index (κ1) is 15.0. The molecule has 0 amide bonds. The van der Waals surface area contributed by atoms with Crippen LogP contribution in [0.25, 0.3) is 6.08 Å². The summed E-state index contributed by atoms with van der Waals surface area (Å²) >= 11 is 1.63. The van der Waals surface area contributed by atoms with Crippen molar-refractivity contribution in [2.24, 2.45) is 0 Å². The molecule has 0 radical (unpaired) electrons. The summed E-state index contributed by atoms with van der Waals surface area (Å²) in [7, 11) is 5.61. The Balaban J connectivity index is 2.68. The minimum Gasteiger partial charge on any atom is -0.480 e. The van der Waals surface area contributed by atoms with Gasteiger partial charge in [0.15, 0.2) is 5.13 Å². The maximum Gasteiger partial charge on any atom is 0.233 e. The second-order valence-corrected chi connectivity index (χ2v) is 6.31. The lowest BCUT2D eigenvalue weighted by Gasteiger charge is -2.18. The van der Waals surface area contributed by atoms with Crippen LogP contribution in [0.2, 0.25) is 0 Å². The number of nitrogens with zero attached hydrogens (tertiary/aromatic N) is 2. The molecule has 1 heterocycles. The highest BCUT2D eigenvalue weighted by atomic mass is 32.1. The summed E-state index contributed by atoms with van der Waals surface area (Å²) < 4.78 is 5.28. The molecule has 0 fully saturated rings. The highest BCUT2D eigenvalue weighted by molar-refractivity contribution is 7.16. The molecule has 0 saturated heterocycles. The first-order chi connectivity index (χ1) is 8.33. The third-order valence-electron chi connectivity index (χ3n) is 2.20. The summed E-state index contributed by atoms with van der Waals surface area (Å²) in [5.74, 6) is 0.690. The number of hydrogen-bond donors (Lipinski definition) is 1. The average molecular weight is 269 g/mol. The van der Waals surface area contributed by atoms with Gasteiger partial charge < -0.3 is 15.0 Å². The van der Waals surface area contributed by atoms with Gasteiger partial charge in [-0.3, -0.25) is 0 Å². The molecule has 0 spiro atoms. The van der Waals surface area contributed by atoms with Gasteiger partial charge in [0, 0.05) is 26.2 Å². The fourth-order valence-electron chi connectivity index (χ4n) is 1.28. The second kappa shape index (κ2) is 6.20. The second-order valence-electron chi connectivity index (χ2n) is 5.30. The first-order valence-corrected chi connectivity index (χ1v) is 6.79. The van der Waals surface area contributed by atoms with Gasteiger partial charge in [-0.15, -0.1) is 0 Å². The van der Waals surface area contributed by atoms with Crippen LogP contribution in [-0.4, -0.2) is 38.3 Å². The summed E-state index contributed by atoms with van der Waals surface area (Å²) in [4.78, 5) is 7.44. The molecule has 1 N–H and O–H groups in total. The van der Waals surface area contributed by atoms with Gasteiger partial charge in [0.25, 0.3) is 0 Å². The summed E-state index contributed by atoms with van der Waals surface area (Å²) in [6.45, 7) is 7.29. The summed E-state index contributed by atoms with van der Waals surface area (Å²) in [6.07, 6.45) is 4.16. The summed E-state index contributed by atoms with van der Waals surface area (Å²) in [6, 6.07) is 0. The number of nitrogens with one attached hydrogen (secondary N) is 1. The summed E-state index contributed by atoms with van der Waals surface area (Å²) in [5, 5.41) is 4.36. The fraction of sp³-hybridized carbons (Fsp3) is 0.615. The molecular weight excluding hydrogens is 246 g/mol. The van der Waals surface area contributed by atoms with Gasteiger partial charge >= 0.3 is 0 Å². The highest BCUT2D eigenvalue weighted by Gasteiger charge is 2.10. The van der Waals surface area contributed by atoms with E-state index in [1.807, 2.05) is 19.0 Å². The number of methoxy groups -OCH3 is 1. The van der Waals surface area contributed by atoms with E-state index in [9.17, 15) is 0 Å². The molecule has 0 aliphatic heterocycles. The van der Waals surface area contributed by atoms with Gasteiger partial charge in [0.2, 0.25) is 5.88 Å². The molecule has 102 valence electrons. The Bertz CT molecular complexity index is 405. The van der Waals surface area contributed by atoms with Gasteiger partial charge in [-0.2, -0.15) is 4.98 Å². The molecule has 0 unspecified atom stereocenters. The maximum atomic E-state index is 5.28. The molecule has 0 atom stereocenters. The van der Waals surface area contributed by atoms with Gasteiger partial charge in [0.1, 0.15) is 0 Å². The van der Waals surface area contributed by atoms with E-state index < -0.39 is 0 Å². The van der Waals surface area contributed by atoms with Crippen molar-refractivity contribution in [3.63, 3.8) is 0 Å². The van der Waals surface area contributed by atoms with Crippen LogP contribution in [0.5, 0.6) is 5.88 Å². The molecule has 0 bridgehead atoms. The highest BCUT2D eigenvalue weighted by Crippen LogP contribution is 2.31. The molecule has 5 heteroatoms. The Morgan fingerprint density at radius 1 is 1.39 bits per heavy atom. The number of hydrogen-bond acceptors (Lipinski definition) is 5. The number of ether oxygens (including phenoxy) is 1. The Morgan fingerprint density at radius 3 is 2.56 bits per heavy atom. The first-order valence-electron chi connectivity index (χ1n) is 5.97. The molecule has 0 aliphatic carbocycles. The summed E-state index contributed by atoms with van der Waals surface area (Å²) in [5.41, 5.74) is 0.136. The lowest BCUT2D eigenvalue weighted by molar-refractivity contribution is 0.400. The maximum absolute atomic E-state index is 5.28. The number of anilines is 1. The molecule has 0 aromatic carbocycles. The van der Waals surface area contributed by atoms with Crippen LogP contribution in [0, 0.1) is 0 Å². The monoisotopic (exact) mass is 269 g/mol. The Hall–Kier alpha value is -1.07. The van der Waals surface area contributed by atoms with Crippen LogP contribution in [0.3, 0.4) is 0 Å². The number of rotatable bonds is 5. The lowest BCUT2D eigenvalue weighted by atomic mass is 10.1. The molecule has 0 aliphatic rings. The van der Waals surface area contributed by atoms with Crippen LogP contribution in [0.1, 0.15) is 25.6 Å². The van der Waals surface area contributed by atoms with Crippen LogP contribution < -0.4 is 15.0 Å². The van der Waals surface area contributed by atoms with Crippen molar-refractivity contribution in [3.05, 3.63) is 11.0 Å². The predicted octanol–water partition coefficient (Wildman–Crippen LogP) is 2.62. The Labute approximate surface area is 114 Å². The molecule has 4 nitrogen and oxygen atoms in total. The van der Waals surface area contributed by atoms with Gasteiger partial charge in [-0.25, -0.2) is 0 Å². The van der Waals surface area contributed by atoms with Crippen molar-refractivity contribution in [1.82, 2.24) is 10.3 Å². The number of thiazole rings is 1. The topological polar surface area (TPSA) is 37.4 Å². The Kier molecular flexibility index (Phi) is 5.16. The molecular formula is C13H23N3OS. The van der Waals surface area contributed by atoms with Crippen molar-refractivity contribution in [2.75, 3.05) is 32.6 Å². The van der Waals surface area contributed by atoms with Gasteiger partial charge in [-0.05, 0) is 26.8 Å². The largest absolute Gasteiger partial charge is 0.480 e. The van der Waals surface area contributed by atoms with E-state index >= 15 is 0 Å². The van der Waals surface area contributed by atoms with Crippen LogP contribution in [0.15, 0.2) is 6.08 Å². The van der Waals surface area contributed by atoms with Crippen molar-refractivity contribution < 1.29 is 4.74 Å². The van der Waals surface area contributed by atoms with Crippen LogP contribution in [-0.2, 0) is 0 Å².